The van der Waals surface area contributed by atoms with Gasteiger partial charge in [-0.05, 0) is 43.9 Å². The molecule has 0 aromatic heterocycles. The van der Waals surface area contributed by atoms with E-state index in [2.05, 4.69) is 27.7 Å². The number of hydrogen-bond acceptors (Lipinski definition) is 2. The fourth-order valence-electron chi connectivity index (χ4n) is 1.60. The Kier molecular flexibility index (Phi) is 8.07. The van der Waals surface area contributed by atoms with E-state index in [-0.39, 0.29) is 12.2 Å². The van der Waals surface area contributed by atoms with Crippen molar-refractivity contribution in [2.24, 2.45) is 11.8 Å². The second-order valence-electron chi connectivity index (χ2n) is 5.49. The lowest BCUT2D eigenvalue weighted by atomic mass is 9.97. The molecule has 0 rings (SSSR count). The van der Waals surface area contributed by atoms with E-state index in [0.29, 0.717) is 18.3 Å². The third-order valence-corrected chi connectivity index (χ3v) is 2.70. The number of aliphatic hydroxyl groups excluding tert-OH is 2. The fraction of sp³-hybridized carbons (Fsp3) is 1.00. The molecule has 0 aliphatic heterocycles. The van der Waals surface area contributed by atoms with Crippen molar-refractivity contribution in [3.05, 3.63) is 0 Å². The summed E-state index contributed by atoms with van der Waals surface area (Å²) >= 11 is 0. The molecule has 0 fully saturated rings. The van der Waals surface area contributed by atoms with Crippen LogP contribution in [0.2, 0.25) is 0 Å². The summed E-state index contributed by atoms with van der Waals surface area (Å²) in [6, 6.07) is 0. The minimum atomic E-state index is -0.324. The van der Waals surface area contributed by atoms with Crippen LogP contribution in [0.1, 0.15) is 59.8 Å². The van der Waals surface area contributed by atoms with Gasteiger partial charge in [0.15, 0.2) is 0 Å². The van der Waals surface area contributed by atoms with Crippen LogP contribution in [0.5, 0.6) is 0 Å². The van der Waals surface area contributed by atoms with Crippen LogP contribution < -0.4 is 0 Å². The van der Waals surface area contributed by atoms with Crippen molar-refractivity contribution in [1.29, 1.82) is 0 Å². The van der Waals surface area contributed by atoms with Crippen molar-refractivity contribution in [2.45, 2.75) is 72.0 Å². The molecule has 0 radical (unpaired) electrons. The van der Waals surface area contributed by atoms with Gasteiger partial charge in [0.25, 0.3) is 0 Å². The van der Waals surface area contributed by atoms with Gasteiger partial charge in [-0.25, -0.2) is 0 Å². The normalized spacial score (nSPS) is 16.0. The molecular formula is C13H28O2. The summed E-state index contributed by atoms with van der Waals surface area (Å²) in [7, 11) is 0. The van der Waals surface area contributed by atoms with Crippen molar-refractivity contribution >= 4 is 0 Å². The first-order valence-electron chi connectivity index (χ1n) is 6.28. The van der Waals surface area contributed by atoms with Crippen LogP contribution in [0.3, 0.4) is 0 Å². The van der Waals surface area contributed by atoms with E-state index in [9.17, 15) is 10.2 Å². The molecule has 0 saturated heterocycles. The Hall–Kier alpha value is -0.0800. The van der Waals surface area contributed by atoms with Crippen LogP contribution in [0.4, 0.5) is 0 Å². The molecule has 92 valence electrons. The van der Waals surface area contributed by atoms with Gasteiger partial charge in [0, 0.05) is 0 Å². The Morgan fingerprint density at radius 3 is 1.27 bits per heavy atom. The van der Waals surface area contributed by atoms with E-state index >= 15 is 0 Å². The highest BCUT2D eigenvalue weighted by atomic mass is 16.3. The summed E-state index contributed by atoms with van der Waals surface area (Å²) < 4.78 is 0. The standard InChI is InChI=1S/C13H28O2/c1-10(2)5-7-12(14)9-13(15)8-6-11(3)4/h10-15H,5-9H2,1-4H3. The first-order valence-corrected chi connectivity index (χ1v) is 6.28. The largest absolute Gasteiger partial charge is 0.393 e. The van der Waals surface area contributed by atoms with Crippen molar-refractivity contribution in [1.82, 2.24) is 0 Å². The Morgan fingerprint density at radius 1 is 0.667 bits per heavy atom. The summed E-state index contributed by atoms with van der Waals surface area (Å²) in [5.41, 5.74) is 0. The molecule has 0 saturated carbocycles. The van der Waals surface area contributed by atoms with Crippen molar-refractivity contribution in [2.75, 3.05) is 0 Å². The minimum absolute atomic E-state index is 0.324. The highest BCUT2D eigenvalue weighted by Gasteiger charge is 2.12. The van der Waals surface area contributed by atoms with Gasteiger partial charge in [0.1, 0.15) is 0 Å². The monoisotopic (exact) mass is 216 g/mol. The third-order valence-electron chi connectivity index (χ3n) is 2.70. The number of aliphatic hydroxyl groups is 2. The first kappa shape index (κ1) is 14.9. The molecule has 2 N–H and O–H groups in total. The lowest BCUT2D eigenvalue weighted by Crippen LogP contribution is -2.18. The predicted octanol–water partition coefficient (Wildman–Crippen LogP) is 2.97. The zero-order valence-corrected chi connectivity index (χ0v) is 10.7. The van der Waals surface area contributed by atoms with Crippen LogP contribution >= 0.6 is 0 Å². The Bertz CT molecular complexity index is 127. The molecule has 2 heteroatoms. The summed E-state index contributed by atoms with van der Waals surface area (Å²) in [5, 5.41) is 19.3. The first-order chi connectivity index (χ1) is 6.91. The van der Waals surface area contributed by atoms with Gasteiger partial charge in [0.05, 0.1) is 12.2 Å². The molecule has 0 aliphatic rings. The van der Waals surface area contributed by atoms with Crippen molar-refractivity contribution in [3.8, 4) is 0 Å². The van der Waals surface area contributed by atoms with Crippen LogP contribution in [-0.2, 0) is 0 Å². The molecule has 2 unspecified atom stereocenters. The smallest absolute Gasteiger partial charge is 0.0565 e. The van der Waals surface area contributed by atoms with Gasteiger partial charge in [0.2, 0.25) is 0 Å². The molecule has 0 aliphatic carbocycles. The zero-order chi connectivity index (χ0) is 11.8. The maximum Gasteiger partial charge on any atom is 0.0565 e. The van der Waals surface area contributed by atoms with E-state index in [1.165, 1.54) is 0 Å². The topological polar surface area (TPSA) is 40.5 Å². The van der Waals surface area contributed by atoms with Crippen LogP contribution in [0.25, 0.3) is 0 Å². The summed E-state index contributed by atoms with van der Waals surface area (Å²) in [5.74, 6) is 1.26. The zero-order valence-electron chi connectivity index (χ0n) is 10.7. The second-order valence-corrected chi connectivity index (χ2v) is 5.49. The van der Waals surface area contributed by atoms with Gasteiger partial charge < -0.3 is 10.2 Å². The Balaban J connectivity index is 3.52. The maximum atomic E-state index is 9.67. The van der Waals surface area contributed by atoms with Gasteiger partial charge >= 0.3 is 0 Å². The molecule has 0 amide bonds. The third kappa shape index (κ3) is 10.2. The van der Waals surface area contributed by atoms with Crippen LogP contribution in [0, 0.1) is 11.8 Å². The molecule has 0 bridgehead atoms. The van der Waals surface area contributed by atoms with Gasteiger partial charge in [-0.1, -0.05) is 27.7 Å². The number of rotatable bonds is 8. The van der Waals surface area contributed by atoms with Gasteiger partial charge in [-0.15, -0.1) is 0 Å². The lowest BCUT2D eigenvalue weighted by molar-refractivity contribution is 0.0650. The Labute approximate surface area is 94.7 Å². The maximum absolute atomic E-state index is 9.67. The van der Waals surface area contributed by atoms with Crippen LogP contribution in [-0.4, -0.2) is 22.4 Å². The molecule has 0 spiro atoms. The molecule has 2 nitrogen and oxygen atoms in total. The van der Waals surface area contributed by atoms with Crippen LogP contribution in [0.15, 0.2) is 0 Å². The highest BCUT2D eigenvalue weighted by Crippen LogP contribution is 2.14. The van der Waals surface area contributed by atoms with Crippen molar-refractivity contribution < 1.29 is 10.2 Å². The lowest BCUT2D eigenvalue weighted by Gasteiger charge is -2.17. The summed E-state index contributed by atoms with van der Waals surface area (Å²) in [6.45, 7) is 8.62. The van der Waals surface area contributed by atoms with E-state index < -0.39 is 0 Å². The second kappa shape index (κ2) is 8.12. The fourth-order valence-corrected chi connectivity index (χ4v) is 1.60. The van der Waals surface area contributed by atoms with Crippen molar-refractivity contribution in [3.63, 3.8) is 0 Å². The summed E-state index contributed by atoms with van der Waals surface area (Å²) in [4.78, 5) is 0. The molecule has 0 heterocycles. The Morgan fingerprint density at radius 2 is 1.00 bits per heavy atom. The SMILES string of the molecule is CC(C)CCC(O)CC(O)CCC(C)C. The molecule has 0 aromatic rings. The minimum Gasteiger partial charge on any atom is -0.393 e. The van der Waals surface area contributed by atoms with E-state index in [4.69, 9.17) is 0 Å². The molecular weight excluding hydrogens is 188 g/mol. The van der Waals surface area contributed by atoms with Gasteiger partial charge in [-0.3, -0.25) is 0 Å². The molecule has 15 heavy (non-hydrogen) atoms. The average Bonchev–Trinajstić information content (AvgIpc) is 2.11. The van der Waals surface area contributed by atoms with E-state index in [1.807, 2.05) is 0 Å². The van der Waals surface area contributed by atoms with E-state index in [0.717, 1.165) is 25.7 Å². The molecule has 2 atom stereocenters. The highest BCUT2D eigenvalue weighted by molar-refractivity contribution is 4.65. The summed E-state index contributed by atoms with van der Waals surface area (Å²) in [6.07, 6.45) is 3.60. The molecule has 0 aromatic carbocycles. The van der Waals surface area contributed by atoms with Gasteiger partial charge in [-0.2, -0.15) is 0 Å². The number of hydrogen-bond donors (Lipinski definition) is 2. The predicted molar refractivity (Wildman–Crippen MR) is 64.8 cm³/mol. The van der Waals surface area contributed by atoms with E-state index in [1.54, 1.807) is 0 Å². The average molecular weight is 216 g/mol. The quantitative estimate of drug-likeness (QED) is 0.655.